The summed E-state index contributed by atoms with van der Waals surface area (Å²) in [6.07, 6.45) is 2.23. The Balaban J connectivity index is 2.39. The number of carbonyl (C=O) groups is 2. The van der Waals surface area contributed by atoms with Gasteiger partial charge in [-0.25, -0.2) is 4.98 Å². The van der Waals surface area contributed by atoms with E-state index in [1.165, 1.54) is 12.3 Å². The fourth-order valence-electron chi connectivity index (χ4n) is 1.13. The van der Waals surface area contributed by atoms with Gasteiger partial charge >= 0.3 is 0 Å². The van der Waals surface area contributed by atoms with Gasteiger partial charge in [-0.1, -0.05) is 6.92 Å². The molecule has 6 nitrogen and oxygen atoms in total. The highest BCUT2D eigenvalue weighted by atomic mass is 16.2. The molecule has 6 heteroatoms. The van der Waals surface area contributed by atoms with E-state index in [2.05, 4.69) is 15.6 Å². The van der Waals surface area contributed by atoms with Crippen molar-refractivity contribution >= 4 is 17.6 Å². The number of nitrogens with zero attached hydrogens (tertiary/aromatic N) is 1. The second-order valence-electron chi connectivity index (χ2n) is 3.50. The molecule has 0 aliphatic carbocycles. The third-order valence-corrected chi connectivity index (χ3v) is 2.03. The van der Waals surface area contributed by atoms with Crippen molar-refractivity contribution in [3.8, 4) is 0 Å². The first-order valence-corrected chi connectivity index (χ1v) is 5.40. The molecule has 0 fully saturated rings. The van der Waals surface area contributed by atoms with Crippen molar-refractivity contribution < 1.29 is 9.59 Å². The molecule has 0 bridgehead atoms. The molecule has 0 aromatic carbocycles. The van der Waals surface area contributed by atoms with Crippen molar-refractivity contribution in [2.75, 3.05) is 18.8 Å². The van der Waals surface area contributed by atoms with Crippen LogP contribution in [0.15, 0.2) is 18.3 Å². The van der Waals surface area contributed by atoms with Crippen molar-refractivity contribution in [2.45, 2.75) is 13.3 Å². The number of nitrogens with one attached hydrogen (secondary N) is 2. The predicted molar refractivity (Wildman–Crippen MR) is 64.3 cm³/mol. The highest BCUT2D eigenvalue weighted by molar-refractivity contribution is 5.96. The highest BCUT2D eigenvalue weighted by Crippen LogP contribution is 2.00. The van der Waals surface area contributed by atoms with Crippen molar-refractivity contribution in [3.63, 3.8) is 0 Å². The Hall–Kier alpha value is -2.11. The molecule has 1 aromatic heterocycles. The lowest BCUT2D eigenvalue weighted by Crippen LogP contribution is -2.37. The Morgan fingerprint density at radius 1 is 1.35 bits per heavy atom. The van der Waals surface area contributed by atoms with Gasteiger partial charge in [0.1, 0.15) is 5.82 Å². The van der Waals surface area contributed by atoms with Gasteiger partial charge in [0.2, 0.25) is 5.91 Å². The summed E-state index contributed by atoms with van der Waals surface area (Å²) in [7, 11) is 0. The van der Waals surface area contributed by atoms with Crippen LogP contribution in [0.2, 0.25) is 0 Å². The van der Waals surface area contributed by atoms with E-state index in [0.717, 1.165) is 6.42 Å². The summed E-state index contributed by atoms with van der Waals surface area (Å²) in [6, 6.07) is 3.09. The Morgan fingerprint density at radius 2 is 2.12 bits per heavy atom. The van der Waals surface area contributed by atoms with Crippen molar-refractivity contribution in [1.82, 2.24) is 15.6 Å². The van der Waals surface area contributed by atoms with Crippen LogP contribution in [0.5, 0.6) is 0 Å². The van der Waals surface area contributed by atoms with Gasteiger partial charge in [0, 0.05) is 12.7 Å². The average molecular weight is 236 g/mol. The van der Waals surface area contributed by atoms with E-state index >= 15 is 0 Å². The van der Waals surface area contributed by atoms with E-state index in [4.69, 9.17) is 5.73 Å². The lowest BCUT2D eigenvalue weighted by atomic mass is 10.2. The van der Waals surface area contributed by atoms with E-state index < -0.39 is 0 Å². The summed E-state index contributed by atoms with van der Waals surface area (Å²) in [5.74, 6) is -0.199. The number of pyridine rings is 1. The van der Waals surface area contributed by atoms with Crippen LogP contribution in [0.4, 0.5) is 5.82 Å². The smallest absolute Gasteiger partial charge is 0.253 e. The van der Waals surface area contributed by atoms with Gasteiger partial charge in [-0.05, 0) is 18.6 Å². The van der Waals surface area contributed by atoms with E-state index in [1.807, 2.05) is 6.92 Å². The number of anilines is 1. The lowest BCUT2D eigenvalue weighted by molar-refractivity contribution is -0.120. The molecule has 1 rings (SSSR count). The minimum absolute atomic E-state index is 0.0385. The summed E-state index contributed by atoms with van der Waals surface area (Å²) in [4.78, 5) is 26.6. The molecule has 0 aliphatic rings. The number of hydrogen-bond donors (Lipinski definition) is 3. The van der Waals surface area contributed by atoms with Gasteiger partial charge in [-0.15, -0.1) is 0 Å². The van der Waals surface area contributed by atoms with Crippen LogP contribution in [0, 0.1) is 0 Å². The maximum atomic E-state index is 11.6. The molecule has 0 saturated heterocycles. The zero-order chi connectivity index (χ0) is 12.7. The van der Waals surface area contributed by atoms with E-state index in [-0.39, 0.29) is 18.4 Å². The van der Waals surface area contributed by atoms with Gasteiger partial charge in [0.05, 0.1) is 12.1 Å². The monoisotopic (exact) mass is 236 g/mol. The van der Waals surface area contributed by atoms with E-state index in [9.17, 15) is 9.59 Å². The molecule has 0 saturated carbocycles. The maximum Gasteiger partial charge on any atom is 0.253 e. The highest BCUT2D eigenvalue weighted by Gasteiger charge is 2.07. The van der Waals surface area contributed by atoms with Gasteiger partial charge in [0.15, 0.2) is 0 Å². The molecule has 92 valence electrons. The molecule has 0 spiro atoms. The molecule has 1 heterocycles. The second kappa shape index (κ2) is 6.47. The number of rotatable bonds is 5. The third-order valence-electron chi connectivity index (χ3n) is 2.03. The SMILES string of the molecule is CCCNC(=O)CNC(=O)c1ccc(N)nc1. The summed E-state index contributed by atoms with van der Waals surface area (Å²) in [5, 5.41) is 5.15. The lowest BCUT2D eigenvalue weighted by Gasteiger charge is -2.05. The number of aromatic nitrogens is 1. The molecule has 0 atom stereocenters. The molecule has 4 N–H and O–H groups in total. The van der Waals surface area contributed by atoms with Crippen molar-refractivity contribution in [2.24, 2.45) is 0 Å². The standard InChI is InChI=1S/C11H16N4O2/c1-2-5-13-10(16)7-15-11(17)8-3-4-9(12)14-6-8/h3-4,6H,2,5,7H2,1H3,(H2,12,14)(H,13,16)(H,15,17). The van der Waals surface area contributed by atoms with Gasteiger partial charge in [-0.2, -0.15) is 0 Å². The third kappa shape index (κ3) is 4.50. The Bertz CT molecular complexity index is 389. The molecule has 0 unspecified atom stereocenters. The van der Waals surface area contributed by atoms with Gasteiger partial charge < -0.3 is 16.4 Å². The Kier molecular flexibility index (Phi) is 4.93. The minimum atomic E-state index is -0.343. The van der Waals surface area contributed by atoms with Crippen LogP contribution in [-0.4, -0.2) is 29.9 Å². The molecule has 17 heavy (non-hydrogen) atoms. The van der Waals surface area contributed by atoms with Crippen LogP contribution < -0.4 is 16.4 Å². The summed E-state index contributed by atoms with van der Waals surface area (Å²) >= 11 is 0. The number of amides is 2. The van der Waals surface area contributed by atoms with E-state index in [0.29, 0.717) is 17.9 Å². The normalized spacial score (nSPS) is 9.71. The Morgan fingerprint density at radius 3 is 2.71 bits per heavy atom. The summed E-state index contributed by atoms with van der Waals surface area (Å²) in [6.45, 7) is 2.53. The van der Waals surface area contributed by atoms with Crippen molar-refractivity contribution in [3.05, 3.63) is 23.9 Å². The van der Waals surface area contributed by atoms with Crippen molar-refractivity contribution in [1.29, 1.82) is 0 Å². The number of hydrogen-bond acceptors (Lipinski definition) is 4. The zero-order valence-corrected chi connectivity index (χ0v) is 9.69. The molecule has 0 radical (unpaired) electrons. The summed E-state index contributed by atoms with van der Waals surface area (Å²) in [5.41, 5.74) is 5.77. The average Bonchev–Trinajstić information content (AvgIpc) is 2.34. The van der Waals surface area contributed by atoms with Crippen LogP contribution in [0.3, 0.4) is 0 Å². The van der Waals surface area contributed by atoms with Crippen LogP contribution in [0.1, 0.15) is 23.7 Å². The second-order valence-corrected chi connectivity index (χ2v) is 3.50. The topological polar surface area (TPSA) is 97.1 Å². The minimum Gasteiger partial charge on any atom is -0.384 e. The Labute approximate surface area is 99.6 Å². The zero-order valence-electron chi connectivity index (χ0n) is 9.69. The van der Waals surface area contributed by atoms with E-state index in [1.54, 1.807) is 6.07 Å². The van der Waals surface area contributed by atoms with Crippen LogP contribution >= 0.6 is 0 Å². The first kappa shape index (κ1) is 13.0. The van der Waals surface area contributed by atoms with Crippen LogP contribution in [0.25, 0.3) is 0 Å². The molecule has 1 aromatic rings. The maximum absolute atomic E-state index is 11.6. The molecular weight excluding hydrogens is 220 g/mol. The summed E-state index contributed by atoms with van der Waals surface area (Å²) < 4.78 is 0. The quantitative estimate of drug-likeness (QED) is 0.666. The fourth-order valence-corrected chi connectivity index (χ4v) is 1.13. The number of carbonyl (C=O) groups excluding carboxylic acids is 2. The fraction of sp³-hybridized carbons (Fsp3) is 0.364. The molecule has 2 amide bonds. The first-order chi connectivity index (χ1) is 8.13. The number of nitrogens with two attached hydrogens (primary N) is 1. The van der Waals surface area contributed by atoms with Crippen LogP contribution in [-0.2, 0) is 4.79 Å². The molecule has 0 aliphatic heterocycles. The largest absolute Gasteiger partial charge is 0.384 e. The molecular formula is C11H16N4O2. The first-order valence-electron chi connectivity index (χ1n) is 5.40. The predicted octanol–water partition coefficient (Wildman–Crippen LogP) is -0.0802. The number of nitrogen functional groups attached to an aromatic ring is 1. The van der Waals surface area contributed by atoms with Gasteiger partial charge in [0.25, 0.3) is 5.91 Å². The van der Waals surface area contributed by atoms with Gasteiger partial charge in [-0.3, -0.25) is 9.59 Å².